The third-order valence-corrected chi connectivity index (χ3v) is 13.2. The lowest BCUT2D eigenvalue weighted by molar-refractivity contribution is -0.363. The van der Waals surface area contributed by atoms with Gasteiger partial charge in [0.25, 0.3) is 0 Å². The highest BCUT2D eigenvalue weighted by molar-refractivity contribution is 5.29. The summed E-state index contributed by atoms with van der Waals surface area (Å²) in [6.45, 7) is 5.42. The maximum Gasteiger partial charge on any atom is 0.187 e. The van der Waals surface area contributed by atoms with Crippen LogP contribution in [0.5, 0.6) is 0 Å². The van der Waals surface area contributed by atoms with Gasteiger partial charge in [-0.3, -0.25) is 0 Å². The van der Waals surface area contributed by atoms with Gasteiger partial charge in [0.05, 0.1) is 39.1 Å². The van der Waals surface area contributed by atoms with E-state index in [0.717, 1.165) is 5.57 Å². The predicted molar refractivity (Wildman–Crippen MR) is 200 cm³/mol. The Hall–Kier alpha value is -1.40. The summed E-state index contributed by atoms with van der Waals surface area (Å²) in [4.78, 5) is 0. The topological polar surface area (TPSA) is 357 Å². The molecule has 0 spiro atoms. The van der Waals surface area contributed by atoms with Gasteiger partial charge < -0.3 is 109 Å². The Morgan fingerprint density at radius 3 is 1.49 bits per heavy atom. The fourth-order valence-corrected chi connectivity index (χ4v) is 9.49. The Labute approximate surface area is 351 Å². The van der Waals surface area contributed by atoms with Crippen LogP contribution in [0.4, 0.5) is 0 Å². The van der Waals surface area contributed by atoms with Crippen LogP contribution in [0.25, 0.3) is 0 Å². The number of fused-ring (bicyclic) bond motifs is 1. The van der Waals surface area contributed by atoms with Crippen LogP contribution in [-0.2, 0) is 37.9 Å². The third kappa shape index (κ3) is 10.1. The van der Waals surface area contributed by atoms with Crippen molar-refractivity contribution in [1.82, 2.24) is 0 Å². The molecule has 6 aliphatic rings. The molecule has 352 valence electrons. The van der Waals surface area contributed by atoms with E-state index in [0.29, 0.717) is 37.7 Å². The van der Waals surface area contributed by atoms with Gasteiger partial charge in [-0.15, -0.1) is 0 Å². The molecule has 0 aromatic carbocycles. The molecular weight excluding hydrogens is 820 g/mol. The van der Waals surface area contributed by atoms with Crippen molar-refractivity contribution in [2.45, 2.75) is 175 Å². The van der Waals surface area contributed by atoms with Crippen molar-refractivity contribution < 1.29 is 109 Å². The van der Waals surface area contributed by atoms with Crippen molar-refractivity contribution in [1.29, 1.82) is 0 Å². The SMILES string of the molecule is C=C(CO[C@@H]1O[C@H](CO)[C@H](O[C@@H]2O[C@H](CO)[C@H](O)[C@H](O)[C@H]2O)[C@H](O)[C@H]1O)[C@@H]1CC[C@]2(C)C[C@H](O[C@@H]3O[C@H](CO)[C@H](O[C@@H]4O[C@H](CO)[C@H](O)[C@H](O)[C@H]4O)[C@H](O)[C@H]3O)CC(C)=C2C1. The Morgan fingerprint density at radius 2 is 1.00 bits per heavy atom. The van der Waals surface area contributed by atoms with E-state index in [1.165, 1.54) is 5.57 Å². The van der Waals surface area contributed by atoms with Crippen molar-refractivity contribution in [3.05, 3.63) is 23.3 Å². The summed E-state index contributed by atoms with van der Waals surface area (Å²) in [7, 11) is 0. The second-order valence-corrected chi connectivity index (χ2v) is 17.4. The summed E-state index contributed by atoms with van der Waals surface area (Å²) >= 11 is 0. The normalized spacial score (nSPS) is 49.7. The third-order valence-electron chi connectivity index (χ3n) is 13.2. The highest BCUT2D eigenvalue weighted by Gasteiger charge is 2.53. The second kappa shape index (κ2) is 20.4. The lowest BCUT2D eigenvalue weighted by atomic mass is 9.60. The van der Waals surface area contributed by atoms with Crippen LogP contribution in [-0.4, -0.2) is 233 Å². The standard InChI is InChI=1S/C39H64O22/c1-14-6-17(55-36-32(53)28(49)34(22(12-43)59-36)61-38-30(51)26(47)24(45)20(10-41)57-38)8-39(3)5-4-16(7-18(14)39)15(2)13-54-35-31(52)27(48)33(21(11-42)58-35)60-37-29(50)25(46)23(44)19(9-40)56-37/h16-17,19-38,40-53H,2,4-13H2,1,3H3/t16-,17-,19-,20-,21-,22-,23+,24+,25+,26+,27-,28-,29-,30-,31-,32-,33+,34+,35-,36-,37+,38+,39-/m1/s1. The molecular formula is C39H64O22. The number of rotatable bonds is 14. The van der Waals surface area contributed by atoms with Gasteiger partial charge in [0, 0.05) is 0 Å². The van der Waals surface area contributed by atoms with E-state index < -0.39 is 155 Å². The van der Waals surface area contributed by atoms with Crippen molar-refractivity contribution in [3.63, 3.8) is 0 Å². The molecule has 0 aromatic rings. The molecule has 4 heterocycles. The van der Waals surface area contributed by atoms with Gasteiger partial charge in [0.2, 0.25) is 0 Å². The molecule has 0 unspecified atom stereocenters. The average Bonchev–Trinajstić information content (AvgIpc) is 3.24. The first-order valence-electron chi connectivity index (χ1n) is 20.7. The van der Waals surface area contributed by atoms with Crippen molar-refractivity contribution in [2.24, 2.45) is 11.3 Å². The van der Waals surface area contributed by atoms with Crippen LogP contribution in [0.2, 0.25) is 0 Å². The minimum Gasteiger partial charge on any atom is -0.394 e. The number of aliphatic hydroxyl groups excluding tert-OH is 14. The van der Waals surface area contributed by atoms with Gasteiger partial charge in [-0.1, -0.05) is 24.6 Å². The maximum absolute atomic E-state index is 11.1. The Bertz CT molecular complexity index is 1480. The van der Waals surface area contributed by atoms with E-state index in [1.807, 2.05) is 6.92 Å². The number of allylic oxidation sites excluding steroid dienone is 1. The number of aliphatic hydroxyl groups is 14. The van der Waals surface area contributed by atoms with Crippen LogP contribution >= 0.6 is 0 Å². The monoisotopic (exact) mass is 884 g/mol. The largest absolute Gasteiger partial charge is 0.394 e. The lowest BCUT2D eigenvalue weighted by Gasteiger charge is -2.49. The van der Waals surface area contributed by atoms with E-state index in [9.17, 15) is 71.5 Å². The summed E-state index contributed by atoms with van der Waals surface area (Å²) in [6.07, 6.45) is -28.8. The van der Waals surface area contributed by atoms with Crippen LogP contribution < -0.4 is 0 Å². The molecule has 23 atom stereocenters. The Kier molecular flexibility index (Phi) is 16.4. The molecule has 0 bridgehead atoms. The molecule has 22 heteroatoms. The molecule has 0 aromatic heterocycles. The average molecular weight is 885 g/mol. The smallest absolute Gasteiger partial charge is 0.187 e. The summed E-state index contributed by atoms with van der Waals surface area (Å²) in [6, 6.07) is 0. The summed E-state index contributed by atoms with van der Waals surface area (Å²) in [5, 5.41) is 145. The van der Waals surface area contributed by atoms with E-state index in [-0.39, 0.29) is 17.9 Å². The van der Waals surface area contributed by atoms with Gasteiger partial charge in [0.1, 0.15) is 97.7 Å². The predicted octanol–water partition coefficient (Wildman–Crippen LogP) is -5.89. The first-order valence-corrected chi connectivity index (χ1v) is 20.7. The molecule has 6 rings (SSSR count). The van der Waals surface area contributed by atoms with Crippen LogP contribution in [0.1, 0.15) is 46.0 Å². The van der Waals surface area contributed by atoms with E-state index in [1.54, 1.807) is 0 Å². The first-order chi connectivity index (χ1) is 28.9. The molecule has 1 saturated carbocycles. The van der Waals surface area contributed by atoms with E-state index in [4.69, 9.17) is 37.9 Å². The van der Waals surface area contributed by atoms with Gasteiger partial charge in [-0.05, 0) is 55.9 Å². The van der Waals surface area contributed by atoms with Gasteiger partial charge in [0.15, 0.2) is 25.2 Å². The zero-order chi connectivity index (χ0) is 44.7. The van der Waals surface area contributed by atoms with Crippen molar-refractivity contribution in [3.8, 4) is 0 Å². The number of hydrogen-bond donors (Lipinski definition) is 14. The zero-order valence-corrected chi connectivity index (χ0v) is 34.0. The van der Waals surface area contributed by atoms with Crippen LogP contribution in [0.15, 0.2) is 23.3 Å². The zero-order valence-electron chi connectivity index (χ0n) is 34.0. The fourth-order valence-electron chi connectivity index (χ4n) is 9.49. The molecule has 14 N–H and O–H groups in total. The van der Waals surface area contributed by atoms with E-state index >= 15 is 0 Å². The molecule has 5 fully saturated rings. The van der Waals surface area contributed by atoms with Crippen LogP contribution in [0, 0.1) is 11.3 Å². The van der Waals surface area contributed by atoms with Gasteiger partial charge in [-0.25, -0.2) is 0 Å². The highest BCUT2D eigenvalue weighted by atomic mass is 16.8. The quantitative estimate of drug-likeness (QED) is 0.0722. The molecule has 61 heavy (non-hydrogen) atoms. The molecule has 0 amide bonds. The molecule has 0 radical (unpaired) electrons. The molecule has 4 saturated heterocycles. The Morgan fingerprint density at radius 1 is 0.574 bits per heavy atom. The number of hydrogen-bond acceptors (Lipinski definition) is 22. The molecule has 22 nitrogen and oxygen atoms in total. The maximum atomic E-state index is 11.1. The van der Waals surface area contributed by atoms with Crippen molar-refractivity contribution >= 4 is 0 Å². The number of ether oxygens (including phenoxy) is 8. The summed E-state index contributed by atoms with van der Waals surface area (Å²) in [5.74, 6) is -0.0401. The first kappa shape index (κ1) is 49.0. The highest BCUT2D eigenvalue weighted by Crippen LogP contribution is 2.53. The molecule has 4 aliphatic heterocycles. The van der Waals surface area contributed by atoms with Crippen molar-refractivity contribution in [2.75, 3.05) is 33.0 Å². The summed E-state index contributed by atoms with van der Waals surface area (Å²) in [5.41, 5.74) is 2.59. The minimum absolute atomic E-state index is 0.0401. The van der Waals surface area contributed by atoms with Crippen LogP contribution in [0.3, 0.4) is 0 Å². The Balaban J connectivity index is 1.02. The summed E-state index contributed by atoms with van der Waals surface area (Å²) < 4.78 is 45.8. The minimum atomic E-state index is -1.79. The molecule has 2 aliphatic carbocycles. The second-order valence-electron chi connectivity index (χ2n) is 17.4. The van der Waals surface area contributed by atoms with Gasteiger partial charge in [-0.2, -0.15) is 0 Å². The lowest BCUT2D eigenvalue weighted by Crippen LogP contribution is -2.65. The van der Waals surface area contributed by atoms with E-state index in [2.05, 4.69) is 13.5 Å². The van der Waals surface area contributed by atoms with Gasteiger partial charge >= 0.3 is 0 Å². The fraction of sp³-hybridized carbons (Fsp3) is 0.897.